The Morgan fingerprint density at radius 2 is 1.40 bits per heavy atom. The summed E-state index contributed by atoms with van der Waals surface area (Å²) in [5.41, 5.74) is 0.360. The first-order chi connectivity index (χ1) is 9.68. The highest BCUT2D eigenvalue weighted by Gasteiger charge is 2.55. The second-order valence-electron chi connectivity index (χ2n) is 8.91. The van der Waals surface area contributed by atoms with Gasteiger partial charge in [-0.2, -0.15) is 0 Å². The van der Waals surface area contributed by atoms with Crippen molar-refractivity contribution in [1.29, 1.82) is 0 Å². The van der Waals surface area contributed by atoms with Crippen molar-refractivity contribution in [3.63, 3.8) is 0 Å². The van der Waals surface area contributed by atoms with Crippen LogP contribution in [0.25, 0.3) is 0 Å². The Hall–Kier alpha value is -0.0400. The van der Waals surface area contributed by atoms with E-state index in [-0.39, 0.29) is 6.10 Å². The van der Waals surface area contributed by atoms with Crippen LogP contribution < -0.4 is 0 Å². The van der Waals surface area contributed by atoms with Crippen molar-refractivity contribution in [2.24, 2.45) is 35.0 Å². The molecule has 0 aliphatic heterocycles. The average Bonchev–Trinajstić information content (AvgIpc) is 2.45. The molecule has 5 rings (SSSR count). The Morgan fingerprint density at radius 1 is 0.900 bits per heavy atom. The van der Waals surface area contributed by atoms with Gasteiger partial charge in [-0.3, -0.25) is 0 Å². The molecule has 0 saturated heterocycles. The fraction of sp³-hybridized carbons (Fsp3) is 1.00. The van der Waals surface area contributed by atoms with E-state index in [1.54, 1.807) is 0 Å². The summed E-state index contributed by atoms with van der Waals surface area (Å²) in [7, 11) is 0. The first-order valence-corrected chi connectivity index (χ1v) is 9.36. The molecule has 0 aromatic carbocycles. The van der Waals surface area contributed by atoms with Crippen LogP contribution in [0.3, 0.4) is 0 Å². The minimum absolute atomic E-state index is 0.0358. The van der Waals surface area contributed by atoms with E-state index < -0.39 is 0 Å². The van der Waals surface area contributed by atoms with Gasteiger partial charge in [0.2, 0.25) is 0 Å². The quantitative estimate of drug-likeness (QED) is 0.786. The highest BCUT2D eigenvalue weighted by atomic mass is 16.3. The first-order valence-electron chi connectivity index (χ1n) is 9.36. The number of rotatable bonds is 3. The van der Waals surface area contributed by atoms with Crippen molar-refractivity contribution in [1.82, 2.24) is 0 Å². The van der Waals surface area contributed by atoms with E-state index in [0.29, 0.717) is 11.3 Å². The summed E-state index contributed by atoms with van der Waals surface area (Å²) in [6.45, 7) is 2.33. The fourth-order valence-electron chi connectivity index (χ4n) is 6.95. The molecule has 0 heterocycles. The molecular weight excluding hydrogens is 244 g/mol. The third kappa shape index (κ3) is 2.16. The number of hydrogen-bond acceptors (Lipinski definition) is 1. The summed E-state index contributed by atoms with van der Waals surface area (Å²) >= 11 is 0. The lowest BCUT2D eigenvalue weighted by Gasteiger charge is -2.59. The maximum Gasteiger partial charge on any atom is 0.0624 e. The summed E-state index contributed by atoms with van der Waals surface area (Å²) in [6, 6.07) is 0. The van der Waals surface area contributed by atoms with Gasteiger partial charge >= 0.3 is 0 Å². The van der Waals surface area contributed by atoms with Gasteiger partial charge in [0.1, 0.15) is 0 Å². The van der Waals surface area contributed by atoms with Crippen LogP contribution in [0, 0.1) is 35.0 Å². The van der Waals surface area contributed by atoms with Crippen LogP contribution in [0.2, 0.25) is 0 Å². The minimum atomic E-state index is 0.0358. The molecule has 5 saturated carbocycles. The average molecular weight is 276 g/mol. The van der Waals surface area contributed by atoms with Gasteiger partial charge in [-0.25, -0.2) is 0 Å². The van der Waals surface area contributed by atoms with Gasteiger partial charge < -0.3 is 5.11 Å². The second-order valence-corrected chi connectivity index (χ2v) is 8.91. The predicted octanol–water partition coefficient (Wildman–Crippen LogP) is 4.78. The van der Waals surface area contributed by atoms with Crippen LogP contribution in [0.5, 0.6) is 0 Å². The SMILES string of the molecule is CCC1CCC(C(O)C23CC4CC(CC(C4)C2)C3)CC1. The topological polar surface area (TPSA) is 20.2 Å². The van der Waals surface area contributed by atoms with Crippen LogP contribution >= 0.6 is 0 Å². The molecule has 0 aromatic rings. The zero-order valence-electron chi connectivity index (χ0n) is 13.2. The van der Waals surface area contributed by atoms with Gasteiger partial charge in [0.05, 0.1) is 6.10 Å². The van der Waals surface area contributed by atoms with Crippen LogP contribution in [0.15, 0.2) is 0 Å². The summed E-state index contributed by atoms with van der Waals surface area (Å²) in [5, 5.41) is 11.2. The smallest absolute Gasteiger partial charge is 0.0624 e. The standard InChI is InChI=1S/C19H32O/c1-2-13-3-5-17(6-4-13)18(20)19-10-14-7-15(11-19)9-16(8-14)12-19/h13-18,20H,2-12H2,1H3. The molecule has 0 aromatic heterocycles. The lowest BCUT2D eigenvalue weighted by atomic mass is 9.47. The number of hydrogen-bond donors (Lipinski definition) is 1. The Labute approximate surface area is 124 Å². The lowest BCUT2D eigenvalue weighted by Crippen LogP contribution is -2.54. The molecule has 0 amide bonds. The molecule has 5 aliphatic carbocycles. The van der Waals surface area contributed by atoms with Crippen LogP contribution in [0.1, 0.15) is 77.6 Å². The van der Waals surface area contributed by atoms with E-state index in [1.807, 2.05) is 0 Å². The summed E-state index contributed by atoms with van der Waals surface area (Å²) < 4.78 is 0. The van der Waals surface area contributed by atoms with Crippen LogP contribution in [-0.4, -0.2) is 11.2 Å². The molecule has 1 unspecified atom stereocenters. The molecule has 20 heavy (non-hydrogen) atoms. The fourth-order valence-corrected chi connectivity index (χ4v) is 6.95. The van der Waals surface area contributed by atoms with E-state index in [9.17, 15) is 5.11 Å². The van der Waals surface area contributed by atoms with Gasteiger partial charge in [0.25, 0.3) is 0 Å². The number of aliphatic hydroxyl groups excluding tert-OH is 1. The molecule has 5 fully saturated rings. The lowest BCUT2D eigenvalue weighted by molar-refractivity contribution is -0.142. The molecule has 1 nitrogen and oxygen atoms in total. The van der Waals surface area contributed by atoms with Crippen molar-refractivity contribution < 1.29 is 5.11 Å². The first kappa shape index (κ1) is 13.6. The van der Waals surface area contributed by atoms with E-state index in [0.717, 1.165) is 23.7 Å². The minimum Gasteiger partial charge on any atom is -0.392 e. The van der Waals surface area contributed by atoms with Crippen LogP contribution in [-0.2, 0) is 0 Å². The van der Waals surface area contributed by atoms with Crippen molar-refractivity contribution in [3.8, 4) is 0 Å². The normalized spacial score (nSPS) is 52.2. The molecule has 5 aliphatic rings. The maximum absolute atomic E-state index is 11.2. The Bertz CT molecular complexity index is 317. The van der Waals surface area contributed by atoms with Crippen LogP contribution in [0.4, 0.5) is 0 Å². The molecule has 114 valence electrons. The predicted molar refractivity (Wildman–Crippen MR) is 82.4 cm³/mol. The molecule has 1 atom stereocenters. The molecule has 4 bridgehead atoms. The zero-order chi connectivity index (χ0) is 13.7. The second kappa shape index (κ2) is 5.00. The maximum atomic E-state index is 11.2. The third-order valence-corrected chi connectivity index (χ3v) is 7.63. The van der Waals surface area contributed by atoms with Crippen molar-refractivity contribution in [2.75, 3.05) is 0 Å². The van der Waals surface area contributed by atoms with E-state index in [1.165, 1.54) is 70.6 Å². The largest absolute Gasteiger partial charge is 0.392 e. The van der Waals surface area contributed by atoms with Gasteiger partial charge in [-0.15, -0.1) is 0 Å². The zero-order valence-corrected chi connectivity index (χ0v) is 13.2. The summed E-state index contributed by atoms with van der Waals surface area (Å²) in [4.78, 5) is 0. The van der Waals surface area contributed by atoms with Gasteiger partial charge in [0, 0.05) is 0 Å². The van der Waals surface area contributed by atoms with E-state index in [4.69, 9.17) is 0 Å². The van der Waals surface area contributed by atoms with E-state index in [2.05, 4.69) is 6.92 Å². The highest BCUT2D eigenvalue weighted by Crippen LogP contribution is 2.62. The summed E-state index contributed by atoms with van der Waals surface area (Å²) in [5.74, 6) is 4.51. The van der Waals surface area contributed by atoms with Crippen molar-refractivity contribution >= 4 is 0 Å². The van der Waals surface area contributed by atoms with Gasteiger partial charge in [0.15, 0.2) is 0 Å². The van der Waals surface area contributed by atoms with Gasteiger partial charge in [-0.05, 0) is 86.4 Å². The summed E-state index contributed by atoms with van der Waals surface area (Å²) in [6.07, 6.45) is 15.3. The highest BCUT2D eigenvalue weighted by molar-refractivity contribution is 5.05. The molecule has 1 N–H and O–H groups in total. The third-order valence-electron chi connectivity index (χ3n) is 7.63. The molecule has 1 heteroatoms. The molecule has 0 radical (unpaired) electrons. The number of aliphatic hydroxyl groups is 1. The Kier molecular flexibility index (Phi) is 3.41. The molecular formula is C19H32O. The molecule has 0 spiro atoms. The Morgan fingerprint density at radius 3 is 1.85 bits per heavy atom. The van der Waals surface area contributed by atoms with E-state index >= 15 is 0 Å². The van der Waals surface area contributed by atoms with Crippen molar-refractivity contribution in [3.05, 3.63) is 0 Å². The van der Waals surface area contributed by atoms with Crippen molar-refractivity contribution in [2.45, 2.75) is 83.7 Å². The van der Waals surface area contributed by atoms with Gasteiger partial charge in [-0.1, -0.05) is 26.2 Å². The Balaban J connectivity index is 1.47. The monoisotopic (exact) mass is 276 g/mol.